The van der Waals surface area contributed by atoms with Crippen LogP contribution in [0.1, 0.15) is 37.3 Å². The van der Waals surface area contributed by atoms with E-state index in [-0.39, 0.29) is 30.1 Å². The van der Waals surface area contributed by atoms with E-state index < -0.39 is 23.6 Å². The first-order valence-electron chi connectivity index (χ1n) is 8.65. The van der Waals surface area contributed by atoms with Gasteiger partial charge in [-0.2, -0.15) is 13.2 Å². The number of carbonyl (C=O) groups is 2. The lowest BCUT2D eigenvalue weighted by molar-refractivity contribution is -0.139. The van der Waals surface area contributed by atoms with Crippen LogP contribution >= 0.6 is 0 Å². The smallest absolute Gasteiger partial charge is 0.416 e. The summed E-state index contributed by atoms with van der Waals surface area (Å²) in [4.78, 5) is 25.1. The predicted molar refractivity (Wildman–Crippen MR) is 92.9 cm³/mol. The quantitative estimate of drug-likeness (QED) is 0.760. The van der Waals surface area contributed by atoms with Crippen LogP contribution in [0.15, 0.2) is 30.3 Å². The lowest BCUT2D eigenvalue weighted by atomic mass is 9.99. The number of alkyl halides is 3. The predicted octanol–water partition coefficient (Wildman–Crippen LogP) is 3.59. The Labute approximate surface area is 155 Å². The van der Waals surface area contributed by atoms with Crippen molar-refractivity contribution in [1.29, 1.82) is 0 Å². The van der Waals surface area contributed by atoms with E-state index in [4.69, 9.17) is 9.84 Å². The number of amides is 1. The van der Waals surface area contributed by atoms with Crippen molar-refractivity contribution < 1.29 is 32.6 Å². The molecule has 0 spiro atoms. The summed E-state index contributed by atoms with van der Waals surface area (Å²) < 4.78 is 44.9. The Morgan fingerprint density at radius 1 is 1.26 bits per heavy atom. The van der Waals surface area contributed by atoms with E-state index >= 15 is 0 Å². The maximum Gasteiger partial charge on any atom is 0.416 e. The lowest BCUT2D eigenvalue weighted by Crippen LogP contribution is -2.43. The number of allylic oxidation sites excluding steroid dienone is 1. The summed E-state index contributed by atoms with van der Waals surface area (Å²) in [5.41, 5.74) is -0.696. The van der Waals surface area contributed by atoms with Gasteiger partial charge in [-0.25, -0.2) is 0 Å². The van der Waals surface area contributed by atoms with Crippen molar-refractivity contribution in [3.63, 3.8) is 0 Å². The molecule has 1 aromatic rings. The van der Waals surface area contributed by atoms with E-state index in [9.17, 15) is 22.8 Å². The van der Waals surface area contributed by atoms with Gasteiger partial charge < -0.3 is 14.7 Å². The van der Waals surface area contributed by atoms with Crippen molar-refractivity contribution in [2.24, 2.45) is 0 Å². The molecule has 1 saturated heterocycles. The molecule has 0 radical (unpaired) electrons. The fourth-order valence-electron chi connectivity index (χ4n) is 3.11. The van der Waals surface area contributed by atoms with Crippen LogP contribution in [0.5, 0.6) is 0 Å². The minimum absolute atomic E-state index is 0.00350. The molecule has 0 aliphatic carbocycles. The van der Waals surface area contributed by atoms with E-state index in [1.807, 2.05) is 0 Å². The van der Waals surface area contributed by atoms with Crippen LogP contribution in [-0.2, 0) is 20.5 Å². The van der Waals surface area contributed by atoms with Crippen molar-refractivity contribution in [2.75, 3.05) is 19.8 Å². The van der Waals surface area contributed by atoms with Crippen molar-refractivity contribution in [3.8, 4) is 0 Å². The molecular weight excluding hydrogens is 363 g/mol. The summed E-state index contributed by atoms with van der Waals surface area (Å²) >= 11 is 0. The Hall–Kier alpha value is -2.35. The molecule has 5 nitrogen and oxygen atoms in total. The number of aliphatic carboxylic acids is 1. The molecular formula is C19H22F3NO4. The average molecular weight is 385 g/mol. The van der Waals surface area contributed by atoms with Gasteiger partial charge in [-0.3, -0.25) is 9.59 Å². The third-order valence-corrected chi connectivity index (χ3v) is 4.48. The Kier molecular flexibility index (Phi) is 7.01. The number of ether oxygens (including phenoxy) is 1. The van der Waals surface area contributed by atoms with Crippen LogP contribution in [0.25, 0.3) is 5.57 Å². The standard InChI is InChI=1S/C19H22F3NO4/c1-13(15-4-2-3-5-16(15)19(20,21)22)12-17(24)23(9-6-18(25)26)14-7-10-27-11-8-14/h2-5,12,14H,6-11H2,1H3,(H,25,26). The van der Waals surface area contributed by atoms with Gasteiger partial charge in [-0.15, -0.1) is 0 Å². The number of hydrogen-bond acceptors (Lipinski definition) is 3. The van der Waals surface area contributed by atoms with E-state index in [1.165, 1.54) is 30.0 Å². The van der Waals surface area contributed by atoms with E-state index in [1.54, 1.807) is 0 Å². The largest absolute Gasteiger partial charge is 0.481 e. The fraction of sp³-hybridized carbons (Fsp3) is 0.474. The van der Waals surface area contributed by atoms with E-state index in [0.29, 0.717) is 26.1 Å². The summed E-state index contributed by atoms with van der Waals surface area (Å²) in [7, 11) is 0. The van der Waals surface area contributed by atoms with Crippen molar-refractivity contribution in [3.05, 3.63) is 41.5 Å². The summed E-state index contributed by atoms with van der Waals surface area (Å²) in [5.74, 6) is -1.53. The van der Waals surface area contributed by atoms with Crippen LogP contribution in [0, 0.1) is 0 Å². The molecule has 1 aliphatic heterocycles. The third-order valence-electron chi connectivity index (χ3n) is 4.48. The number of carboxylic acids is 1. The molecule has 0 saturated carbocycles. The van der Waals surface area contributed by atoms with Gasteiger partial charge >= 0.3 is 12.1 Å². The van der Waals surface area contributed by atoms with Crippen molar-refractivity contribution in [2.45, 2.75) is 38.4 Å². The number of carbonyl (C=O) groups excluding carboxylic acids is 1. The zero-order valence-corrected chi connectivity index (χ0v) is 15.0. The highest BCUT2D eigenvalue weighted by Gasteiger charge is 2.33. The van der Waals surface area contributed by atoms with Gasteiger partial charge in [0, 0.05) is 31.9 Å². The highest BCUT2D eigenvalue weighted by molar-refractivity contribution is 5.95. The zero-order chi connectivity index (χ0) is 20.0. The SMILES string of the molecule is CC(=CC(=O)N(CCC(=O)O)C1CCOCC1)c1ccccc1C(F)(F)F. The maximum absolute atomic E-state index is 13.2. The molecule has 0 atom stereocenters. The Morgan fingerprint density at radius 3 is 2.48 bits per heavy atom. The maximum atomic E-state index is 13.2. The van der Waals surface area contributed by atoms with Gasteiger partial charge in [0.1, 0.15) is 0 Å². The molecule has 27 heavy (non-hydrogen) atoms. The van der Waals surface area contributed by atoms with Crippen LogP contribution in [0.3, 0.4) is 0 Å². The molecule has 0 aromatic heterocycles. The van der Waals surface area contributed by atoms with Gasteiger partial charge in [-0.05, 0) is 37.0 Å². The molecule has 0 bridgehead atoms. The zero-order valence-electron chi connectivity index (χ0n) is 15.0. The summed E-state index contributed by atoms with van der Waals surface area (Å²) in [5, 5.41) is 8.93. The topological polar surface area (TPSA) is 66.8 Å². The van der Waals surface area contributed by atoms with Gasteiger partial charge in [-0.1, -0.05) is 18.2 Å². The lowest BCUT2D eigenvalue weighted by Gasteiger charge is -2.33. The van der Waals surface area contributed by atoms with Crippen LogP contribution in [0.4, 0.5) is 13.2 Å². The second-order valence-electron chi connectivity index (χ2n) is 6.39. The molecule has 1 N–H and O–H groups in total. The minimum Gasteiger partial charge on any atom is -0.481 e. The third kappa shape index (κ3) is 5.82. The molecule has 1 amide bonds. The number of hydrogen-bond donors (Lipinski definition) is 1. The monoisotopic (exact) mass is 385 g/mol. The highest BCUT2D eigenvalue weighted by Crippen LogP contribution is 2.34. The molecule has 1 heterocycles. The fourth-order valence-corrected chi connectivity index (χ4v) is 3.11. The molecule has 1 fully saturated rings. The van der Waals surface area contributed by atoms with E-state index in [2.05, 4.69) is 0 Å². The summed E-state index contributed by atoms with van der Waals surface area (Å²) in [6, 6.07) is 4.87. The summed E-state index contributed by atoms with van der Waals surface area (Å²) in [6.07, 6.45) is -2.47. The van der Waals surface area contributed by atoms with Crippen LogP contribution in [0.2, 0.25) is 0 Å². The second-order valence-corrected chi connectivity index (χ2v) is 6.39. The van der Waals surface area contributed by atoms with Gasteiger partial charge in [0.25, 0.3) is 0 Å². The van der Waals surface area contributed by atoms with Crippen molar-refractivity contribution in [1.82, 2.24) is 4.90 Å². The van der Waals surface area contributed by atoms with Gasteiger partial charge in [0.15, 0.2) is 0 Å². The second kappa shape index (κ2) is 9.03. The molecule has 1 aliphatic rings. The van der Waals surface area contributed by atoms with Crippen molar-refractivity contribution >= 4 is 17.4 Å². The number of nitrogens with zero attached hydrogens (tertiary/aromatic N) is 1. The molecule has 2 rings (SSSR count). The van der Waals surface area contributed by atoms with Crippen LogP contribution in [-0.4, -0.2) is 47.7 Å². The normalized spacial score (nSPS) is 16.2. The Balaban J connectivity index is 2.28. The number of benzene rings is 1. The summed E-state index contributed by atoms with van der Waals surface area (Å²) in [6.45, 7) is 2.37. The number of carboxylic acid groups (broad SMARTS) is 1. The molecule has 8 heteroatoms. The number of rotatable bonds is 6. The highest BCUT2D eigenvalue weighted by atomic mass is 19.4. The van der Waals surface area contributed by atoms with Gasteiger partial charge in [0.05, 0.1) is 12.0 Å². The first-order valence-corrected chi connectivity index (χ1v) is 8.65. The molecule has 1 aromatic carbocycles. The molecule has 148 valence electrons. The first-order chi connectivity index (χ1) is 12.7. The average Bonchev–Trinajstić information content (AvgIpc) is 2.61. The van der Waals surface area contributed by atoms with E-state index in [0.717, 1.165) is 12.1 Å². The first kappa shape index (κ1) is 21.0. The Bertz CT molecular complexity index is 709. The minimum atomic E-state index is -4.53. The van der Waals surface area contributed by atoms with Gasteiger partial charge in [0.2, 0.25) is 5.91 Å². The molecule has 0 unspecified atom stereocenters. The Morgan fingerprint density at radius 2 is 1.89 bits per heavy atom. The van der Waals surface area contributed by atoms with Crippen LogP contribution < -0.4 is 0 Å². The number of halogens is 3.